The molecule has 0 saturated heterocycles. The molecule has 0 saturated carbocycles. The Morgan fingerprint density at radius 2 is 1.89 bits per heavy atom. The SMILES string of the molecule is CC(C)OCC(=O)Nc1ccc(CN(C)C)cc1. The molecule has 1 amide bonds. The summed E-state index contributed by atoms with van der Waals surface area (Å²) in [7, 11) is 4.05. The van der Waals surface area contributed by atoms with E-state index < -0.39 is 0 Å². The Morgan fingerprint density at radius 3 is 2.39 bits per heavy atom. The smallest absolute Gasteiger partial charge is 0.250 e. The van der Waals surface area contributed by atoms with E-state index in [1.165, 1.54) is 5.56 Å². The average Bonchev–Trinajstić information content (AvgIpc) is 2.28. The van der Waals surface area contributed by atoms with Crippen LogP contribution in [0.2, 0.25) is 0 Å². The van der Waals surface area contributed by atoms with E-state index in [1.807, 2.05) is 52.2 Å². The Hall–Kier alpha value is -1.39. The first-order valence-corrected chi connectivity index (χ1v) is 6.12. The Morgan fingerprint density at radius 1 is 1.28 bits per heavy atom. The van der Waals surface area contributed by atoms with Crippen LogP contribution in [0.5, 0.6) is 0 Å². The predicted octanol–water partition coefficient (Wildman–Crippen LogP) is 2.11. The van der Waals surface area contributed by atoms with Crippen molar-refractivity contribution in [2.24, 2.45) is 0 Å². The van der Waals surface area contributed by atoms with Gasteiger partial charge in [0.1, 0.15) is 6.61 Å². The molecule has 18 heavy (non-hydrogen) atoms. The van der Waals surface area contributed by atoms with Crippen molar-refractivity contribution in [2.75, 3.05) is 26.0 Å². The quantitative estimate of drug-likeness (QED) is 0.840. The Bertz CT molecular complexity index is 372. The number of hydrogen-bond acceptors (Lipinski definition) is 3. The molecular formula is C14H22N2O2. The molecule has 0 radical (unpaired) electrons. The lowest BCUT2D eigenvalue weighted by Crippen LogP contribution is -2.20. The zero-order valence-electron chi connectivity index (χ0n) is 11.6. The lowest BCUT2D eigenvalue weighted by atomic mass is 10.2. The Kier molecular flexibility index (Phi) is 5.82. The van der Waals surface area contributed by atoms with Crippen molar-refractivity contribution >= 4 is 11.6 Å². The molecule has 0 bridgehead atoms. The van der Waals surface area contributed by atoms with Crippen LogP contribution in [-0.2, 0) is 16.1 Å². The average molecular weight is 250 g/mol. The minimum absolute atomic E-state index is 0.0678. The lowest BCUT2D eigenvalue weighted by molar-refractivity contribution is -0.121. The number of ether oxygens (including phenoxy) is 1. The van der Waals surface area contributed by atoms with E-state index in [0.29, 0.717) is 0 Å². The highest BCUT2D eigenvalue weighted by Gasteiger charge is 2.04. The summed E-state index contributed by atoms with van der Waals surface area (Å²) < 4.78 is 5.23. The summed E-state index contributed by atoms with van der Waals surface area (Å²) in [5, 5.41) is 2.80. The largest absolute Gasteiger partial charge is 0.369 e. The number of rotatable bonds is 6. The fourth-order valence-electron chi connectivity index (χ4n) is 1.50. The second-order valence-corrected chi connectivity index (χ2v) is 4.84. The van der Waals surface area contributed by atoms with Crippen molar-refractivity contribution in [2.45, 2.75) is 26.5 Å². The summed E-state index contributed by atoms with van der Waals surface area (Å²) in [5.41, 5.74) is 2.02. The highest BCUT2D eigenvalue weighted by Crippen LogP contribution is 2.10. The highest BCUT2D eigenvalue weighted by atomic mass is 16.5. The molecule has 0 heterocycles. The van der Waals surface area contributed by atoms with Crippen molar-refractivity contribution in [3.63, 3.8) is 0 Å². The molecule has 0 spiro atoms. The van der Waals surface area contributed by atoms with Crippen LogP contribution >= 0.6 is 0 Å². The van der Waals surface area contributed by atoms with Crippen LogP contribution < -0.4 is 5.32 Å². The number of carbonyl (C=O) groups excluding carboxylic acids is 1. The highest BCUT2D eigenvalue weighted by molar-refractivity contribution is 5.91. The third-order valence-electron chi connectivity index (χ3n) is 2.28. The van der Waals surface area contributed by atoms with Crippen molar-refractivity contribution in [3.8, 4) is 0 Å². The van der Waals surface area contributed by atoms with Gasteiger partial charge in [-0.15, -0.1) is 0 Å². The monoisotopic (exact) mass is 250 g/mol. The topological polar surface area (TPSA) is 41.6 Å². The molecule has 0 aliphatic heterocycles. The van der Waals surface area contributed by atoms with E-state index in [-0.39, 0.29) is 18.6 Å². The second-order valence-electron chi connectivity index (χ2n) is 4.84. The van der Waals surface area contributed by atoms with Gasteiger partial charge in [0, 0.05) is 12.2 Å². The summed E-state index contributed by atoms with van der Waals surface area (Å²) in [6.07, 6.45) is 0.0678. The molecule has 1 N–H and O–H groups in total. The van der Waals surface area contributed by atoms with Crippen LogP contribution in [0.15, 0.2) is 24.3 Å². The number of hydrogen-bond donors (Lipinski definition) is 1. The Balaban J connectivity index is 2.45. The van der Waals surface area contributed by atoms with E-state index >= 15 is 0 Å². The zero-order valence-corrected chi connectivity index (χ0v) is 11.6. The summed E-state index contributed by atoms with van der Waals surface area (Å²) in [6, 6.07) is 7.84. The van der Waals surface area contributed by atoms with E-state index in [1.54, 1.807) is 0 Å². The minimum Gasteiger partial charge on any atom is -0.369 e. The van der Waals surface area contributed by atoms with Crippen LogP contribution in [0.25, 0.3) is 0 Å². The normalized spacial score (nSPS) is 11.0. The minimum atomic E-state index is -0.121. The van der Waals surface area contributed by atoms with Crippen molar-refractivity contribution in [1.82, 2.24) is 4.90 Å². The van der Waals surface area contributed by atoms with Crippen LogP contribution in [-0.4, -0.2) is 37.6 Å². The van der Waals surface area contributed by atoms with Gasteiger partial charge in [-0.2, -0.15) is 0 Å². The molecule has 100 valence electrons. The van der Waals surface area contributed by atoms with E-state index in [2.05, 4.69) is 10.2 Å². The molecule has 4 nitrogen and oxygen atoms in total. The number of nitrogens with one attached hydrogen (secondary N) is 1. The van der Waals surface area contributed by atoms with E-state index in [0.717, 1.165) is 12.2 Å². The van der Waals surface area contributed by atoms with Gasteiger partial charge < -0.3 is 15.0 Å². The van der Waals surface area contributed by atoms with E-state index in [4.69, 9.17) is 4.74 Å². The first-order valence-electron chi connectivity index (χ1n) is 6.12. The Labute approximate surface area is 109 Å². The maximum atomic E-state index is 11.5. The van der Waals surface area contributed by atoms with Gasteiger partial charge in [-0.3, -0.25) is 4.79 Å². The number of carbonyl (C=O) groups is 1. The second kappa shape index (κ2) is 7.13. The van der Waals surface area contributed by atoms with Crippen LogP contribution in [0.4, 0.5) is 5.69 Å². The lowest BCUT2D eigenvalue weighted by Gasteiger charge is -2.11. The van der Waals surface area contributed by atoms with Gasteiger partial charge in [0.05, 0.1) is 6.10 Å². The van der Waals surface area contributed by atoms with Gasteiger partial charge in [-0.05, 0) is 45.6 Å². The summed E-state index contributed by atoms with van der Waals surface area (Å²) in [5.74, 6) is -0.121. The molecule has 0 aliphatic rings. The van der Waals surface area contributed by atoms with Crippen LogP contribution in [0.1, 0.15) is 19.4 Å². The third-order valence-corrected chi connectivity index (χ3v) is 2.28. The van der Waals surface area contributed by atoms with Gasteiger partial charge in [-0.1, -0.05) is 12.1 Å². The molecule has 0 aliphatic carbocycles. The standard InChI is InChI=1S/C14H22N2O2/c1-11(2)18-10-14(17)15-13-7-5-12(6-8-13)9-16(3)4/h5-8,11H,9-10H2,1-4H3,(H,15,17). The van der Waals surface area contributed by atoms with E-state index in [9.17, 15) is 4.79 Å². The van der Waals surface area contributed by atoms with Crippen LogP contribution in [0, 0.1) is 0 Å². The van der Waals surface area contributed by atoms with Gasteiger partial charge in [-0.25, -0.2) is 0 Å². The molecule has 1 aromatic rings. The number of anilines is 1. The predicted molar refractivity (Wildman–Crippen MR) is 73.6 cm³/mol. The van der Waals surface area contributed by atoms with Crippen LogP contribution in [0.3, 0.4) is 0 Å². The molecule has 0 fully saturated rings. The van der Waals surface area contributed by atoms with Gasteiger partial charge in [0.15, 0.2) is 0 Å². The first kappa shape index (κ1) is 14.7. The van der Waals surface area contributed by atoms with Gasteiger partial charge >= 0.3 is 0 Å². The molecule has 1 rings (SSSR count). The van der Waals surface area contributed by atoms with Gasteiger partial charge in [0.25, 0.3) is 0 Å². The molecule has 0 aromatic heterocycles. The van der Waals surface area contributed by atoms with Crippen molar-refractivity contribution in [3.05, 3.63) is 29.8 Å². The summed E-state index contributed by atoms with van der Waals surface area (Å²) in [4.78, 5) is 13.6. The number of amides is 1. The molecule has 0 unspecified atom stereocenters. The fraction of sp³-hybridized carbons (Fsp3) is 0.500. The van der Waals surface area contributed by atoms with Crippen molar-refractivity contribution < 1.29 is 9.53 Å². The zero-order chi connectivity index (χ0) is 13.5. The molecular weight excluding hydrogens is 228 g/mol. The maximum Gasteiger partial charge on any atom is 0.250 e. The summed E-state index contributed by atoms with van der Waals surface area (Å²) in [6.45, 7) is 4.80. The fourth-order valence-corrected chi connectivity index (χ4v) is 1.50. The summed E-state index contributed by atoms with van der Waals surface area (Å²) >= 11 is 0. The van der Waals surface area contributed by atoms with Gasteiger partial charge in [0.2, 0.25) is 5.91 Å². The molecule has 1 aromatic carbocycles. The molecule has 0 atom stereocenters. The van der Waals surface area contributed by atoms with Crippen molar-refractivity contribution in [1.29, 1.82) is 0 Å². The number of nitrogens with zero attached hydrogens (tertiary/aromatic N) is 1. The first-order chi connectivity index (χ1) is 8.47. The maximum absolute atomic E-state index is 11.5. The third kappa shape index (κ3) is 5.80. The number of benzene rings is 1. The molecule has 4 heteroatoms.